The predicted molar refractivity (Wildman–Crippen MR) is 84.6 cm³/mol. The van der Waals surface area contributed by atoms with Crippen molar-refractivity contribution in [2.45, 2.75) is 12.8 Å². The van der Waals surface area contributed by atoms with Crippen LogP contribution in [0.3, 0.4) is 0 Å². The van der Waals surface area contributed by atoms with Crippen LogP contribution in [0.4, 0.5) is 0 Å². The number of rotatable bonds is 5. The van der Waals surface area contributed by atoms with Gasteiger partial charge in [0.1, 0.15) is 0 Å². The highest BCUT2D eigenvalue weighted by molar-refractivity contribution is 9.10. The number of benzene rings is 1. The smallest absolute Gasteiger partial charge is 0.307 e. The first-order valence-electron chi connectivity index (χ1n) is 6.13. The third kappa shape index (κ3) is 4.15. The molecule has 0 aliphatic carbocycles. The molecule has 1 aromatic heterocycles. The minimum Gasteiger partial charge on any atom is -0.481 e. The van der Waals surface area contributed by atoms with Crippen molar-refractivity contribution in [1.82, 2.24) is 4.98 Å². The first kappa shape index (κ1) is 15.2. The molecule has 2 rings (SSSR count). The number of hydrogen-bond donors (Lipinski definition) is 1. The summed E-state index contributed by atoms with van der Waals surface area (Å²) < 4.78 is 1.83. The number of nitrogens with zero attached hydrogens (tertiary/aromatic N) is 1. The van der Waals surface area contributed by atoms with Gasteiger partial charge in [-0.25, -0.2) is 0 Å². The van der Waals surface area contributed by atoms with Crippen LogP contribution < -0.4 is 0 Å². The Morgan fingerprint density at radius 1 is 1.15 bits per heavy atom. The topological polar surface area (TPSA) is 50.2 Å². The van der Waals surface area contributed by atoms with Gasteiger partial charge in [0.25, 0.3) is 0 Å². The summed E-state index contributed by atoms with van der Waals surface area (Å²) in [7, 11) is 0. The molecule has 0 saturated heterocycles. The summed E-state index contributed by atoms with van der Waals surface area (Å²) in [6.45, 7) is 0. The number of pyridine rings is 1. The molecule has 1 N–H and O–H groups in total. The maximum atomic E-state index is 11.4. The molecule has 5 heteroatoms. The molecule has 0 amide bonds. The number of carbonyl (C=O) groups is 1. The van der Waals surface area contributed by atoms with Gasteiger partial charge in [-0.1, -0.05) is 34.1 Å². The maximum absolute atomic E-state index is 11.4. The van der Waals surface area contributed by atoms with Gasteiger partial charge in [0, 0.05) is 27.3 Å². The van der Waals surface area contributed by atoms with Crippen LogP contribution in [0.1, 0.15) is 11.3 Å². The Hall–Kier alpha value is -1.20. The summed E-state index contributed by atoms with van der Waals surface area (Å²) >= 11 is 6.77. The highest BCUT2D eigenvalue weighted by Crippen LogP contribution is 2.22. The van der Waals surface area contributed by atoms with E-state index in [2.05, 4.69) is 36.8 Å². The van der Waals surface area contributed by atoms with Crippen molar-refractivity contribution in [2.75, 3.05) is 0 Å². The molecular formula is C15H13Br2NO2. The number of carboxylic acids is 1. The molecule has 2 aromatic rings. The summed E-state index contributed by atoms with van der Waals surface area (Å²) in [6, 6.07) is 11.4. The number of aliphatic carboxylic acids is 1. The zero-order valence-corrected chi connectivity index (χ0v) is 13.8. The third-order valence-corrected chi connectivity index (χ3v) is 4.26. The largest absolute Gasteiger partial charge is 0.481 e. The monoisotopic (exact) mass is 397 g/mol. The van der Waals surface area contributed by atoms with E-state index in [9.17, 15) is 9.90 Å². The average Bonchev–Trinajstić information content (AvgIpc) is 2.42. The fourth-order valence-electron chi connectivity index (χ4n) is 1.96. The van der Waals surface area contributed by atoms with Gasteiger partial charge in [0.2, 0.25) is 0 Å². The molecular weight excluding hydrogens is 386 g/mol. The molecule has 0 aliphatic rings. The van der Waals surface area contributed by atoms with Gasteiger partial charge in [0.05, 0.1) is 5.92 Å². The minimum absolute atomic E-state index is 0.421. The van der Waals surface area contributed by atoms with Crippen LogP contribution in [0.15, 0.2) is 51.5 Å². The fourth-order valence-corrected chi connectivity index (χ4v) is 2.64. The van der Waals surface area contributed by atoms with Crippen molar-refractivity contribution in [3.05, 3.63) is 62.8 Å². The second-order valence-corrected chi connectivity index (χ2v) is 6.27. The number of aromatic nitrogens is 1. The van der Waals surface area contributed by atoms with Crippen LogP contribution in [0, 0.1) is 5.92 Å². The minimum atomic E-state index is -0.800. The molecule has 0 spiro atoms. The predicted octanol–water partition coefficient (Wildman–Crippen LogP) is 4.09. The standard InChI is InChI=1S/C15H13Br2NO2/c16-12-5-6-13(18-9-12)8-11(15(19)20)7-10-3-1-2-4-14(10)17/h1-6,9,11H,7-8H2,(H,19,20). The van der Waals surface area contributed by atoms with E-state index in [0.29, 0.717) is 12.8 Å². The van der Waals surface area contributed by atoms with Crippen LogP contribution in [-0.2, 0) is 17.6 Å². The molecule has 0 bridgehead atoms. The number of carboxylic acid groups (broad SMARTS) is 1. The summed E-state index contributed by atoms with van der Waals surface area (Å²) in [5, 5.41) is 9.39. The Balaban J connectivity index is 2.14. The molecule has 1 unspecified atom stereocenters. The van der Waals surface area contributed by atoms with Gasteiger partial charge in [-0.3, -0.25) is 9.78 Å². The average molecular weight is 399 g/mol. The second-order valence-electron chi connectivity index (χ2n) is 4.50. The van der Waals surface area contributed by atoms with Gasteiger partial charge in [-0.15, -0.1) is 0 Å². The number of halogens is 2. The van der Waals surface area contributed by atoms with Crippen molar-refractivity contribution < 1.29 is 9.90 Å². The molecule has 1 aromatic carbocycles. The lowest BCUT2D eigenvalue weighted by atomic mass is 9.94. The van der Waals surface area contributed by atoms with Gasteiger partial charge < -0.3 is 5.11 Å². The Morgan fingerprint density at radius 3 is 2.50 bits per heavy atom. The molecule has 1 atom stereocenters. The zero-order chi connectivity index (χ0) is 14.5. The van der Waals surface area contributed by atoms with Crippen molar-refractivity contribution in [3.8, 4) is 0 Å². The fraction of sp³-hybridized carbons (Fsp3) is 0.200. The van der Waals surface area contributed by atoms with Crippen LogP contribution in [-0.4, -0.2) is 16.1 Å². The molecule has 3 nitrogen and oxygen atoms in total. The molecule has 20 heavy (non-hydrogen) atoms. The number of hydrogen-bond acceptors (Lipinski definition) is 2. The first-order chi connectivity index (χ1) is 9.56. The van der Waals surface area contributed by atoms with Gasteiger partial charge >= 0.3 is 5.97 Å². The van der Waals surface area contributed by atoms with E-state index in [1.54, 1.807) is 6.20 Å². The quantitative estimate of drug-likeness (QED) is 0.824. The van der Waals surface area contributed by atoms with E-state index in [-0.39, 0.29) is 0 Å². The second kappa shape index (κ2) is 6.99. The summed E-state index contributed by atoms with van der Waals surface area (Å²) in [5.41, 5.74) is 1.78. The highest BCUT2D eigenvalue weighted by Gasteiger charge is 2.20. The normalized spacial score (nSPS) is 12.1. The van der Waals surface area contributed by atoms with E-state index >= 15 is 0 Å². The summed E-state index contributed by atoms with van der Waals surface area (Å²) in [6.07, 6.45) is 2.59. The van der Waals surface area contributed by atoms with Gasteiger partial charge in [0.15, 0.2) is 0 Å². The van der Waals surface area contributed by atoms with Crippen LogP contribution in [0.25, 0.3) is 0 Å². The van der Waals surface area contributed by atoms with Crippen molar-refractivity contribution >= 4 is 37.8 Å². The SMILES string of the molecule is O=C(O)C(Cc1ccc(Br)cn1)Cc1ccccc1Br. The molecule has 0 saturated carbocycles. The lowest BCUT2D eigenvalue weighted by Gasteiger charge is -2.13. The first-order valence-corrected chi connectivity index (χ1v) is 7.71. The third-order valence-electron chi connectivity index (χ3n) is 3.02. The Labute approximate surface area is 134 Å². The summed E-state index contributed by atoms with van der Waals surface area (Å²) in [4.78, 5) is 15.7. The van der Waals surface area contributed by atoms with Crippen molar-refractivity contribution in [3.63, 3.8) is 0 Å². The maximum Gasteiger partial charge on any atom is 0.307 e. The Bertz CT molecular complexity index is 599. The highest BCUT2D eigenvalue weighted by atomic mass is 79.9. The molecule has 0 radical (unpaired) electrons. The Morgan fingerprint density at radius 2 is 1.90 bits per heavy atom. The molecule has 0 fully saturated rings. The van der Waals surface area contributed by atoms with E-state index in [1.807, 2.05) is 36.4 Å². The van der Waals surface area contributed by atoms with E-state index in [0.717, 1.165) is 20.2 Å². The molecule has 1 heterocycles. The lowest BCUT2D eigenvalue weighted by molar-refractivity contribution is -0.141. The zero-order valence-electron chi connectivity index (χ0n) is 10.6. The van der Waals surface area contributed by atoms with Crippen LogP contribution in [0.2, 0.25) is 0 Å². The Kier molecular flexibility index (Phi) is 5.31. The summed E-state index contributed by atoms with van der Waals surface area (Å²) in [5.74, 6) is -1.28. The van der Waals surface area contributed by atoms with Crippen molar-refractivity contribution in [1.29, 1.82) is 0 Å². The molecule has 104 valence electrons. The van der Waals surface area contributed by atoms with Crippen molar-refractivity contribution in [2.24, 2.45) is 5.92 Å². The molecule has 0 aliphatic heterocycles. The van der Waals surface area contributed by atoms with Gasteiger partial charge in [-0.2, -0.15) is 0 Å². The van der Waals surface area contributed by atoms with E-state index < -0.39 is 11.9 Å². The van der Waals surface area contributed by atoms with E-state index in [1.165, 1.54) is 0 Å². The van der Waals surface area contributed by atoms with E-state index in [4.69, 9.17) is 0 Å². The lowest BCUT2D eigenvalue weighted by Crippen LogP contribution is -2.19. The van der Waals surface area contributed by atoms with Gasteiger partial charge in [-0.05, 0) is 46.1 Å². The van der Waals surface area contributed by atoms with Crippen LogP contribution in [0.5, 0.6) is 0 Å². The van der Waals surface area contributed by atoms with Crippen LogP contribution >= 0.6 is 31.9 Å².